The van der Waals surface area contributed by atoms with Gasteiger partial charge in [-0.3, -0.25) is 4.90 Å². The Kier molecular flexibility index (Phi) is 7.54. The third-order valence-corrected chi connectivity index (χ3v) is 9.50. The first-order chi connectivity index (χ1) is 21.7. The van der Waals surface area contributed by atoms with Gasteiger partial charge in [0.15, 0.2) is 11.3 Å². The quantitative estimate of drug-likeness (QED) is 0.204. The molecule has 1 saturated heterocycles. The van der Waals surface area contributed by atoms with E-state index in [1.807, 2.05) is 16.7 Å². The van der Waals surface area contributed by atoms with E-state index in [1.165, 1.54) is 24.3 Å². The van der Waals surface area contributed by atoms with Crippen LogP contribution in [0.15, 0.2) is 54.6 Å². The van der Waals surface area contributed by atoms with Crippen molar-refractivity contribution in [2.75, 3.05) is 19.6 Å². The normalized spacial score (nSPS) is 19.4. The molecule has 2 fully saturated rings. The predicted octanol–water partition coefficient (Wildman–Crippen LogP) is 7.45. The number of nitrogens with zero attached hydrogens (tertiary/aromatic N) is 5. The highest BCUT2D eigenvalue weighted by Crippen LogP contribution is 2.48. The van der Waals surface area contributed by atoms with E-state index in [2.05, 4.69) is 14.7 Å². The molecule has 1 atom stereocenters. The number of rotatable bonds is 8. The van der Waals surface area contributed by atoms with Gasteiger partial charge in [-0.25, -0.2) is 30.1 Å². The van der Waals surface area contributed by atoms with Crippen molar-refractivity contribution in [3.63, 3.8) is 0 Å². The van der Waals surface area contributed by atoms with E-state index >= 15 is 4.39 Å². The Morgan fingerprint density at radius 2 is 1.91 bits per heavy atom. The number of para-hydroxylation sites is 1. The molecule has 7 rings (SSSR count). The molecule has 4 aromatic rings. The zero-order chi connectivity index (χ0) is 31.3. The van der Waals surface area contributed by atoms with Gasteiger partial charge < -0.3 is 19.3 Å². The standard InChI is InChI=1S/C34H30ClF2N5O3/c1-38-18-34(11-12-34)19-42-30(39-27-7-8-28(33(43)44)40-32(27)42)17-41-13-9-20(10-14-41)22-3-2-4-24-26(37)16-29(45-31(22)24)23-6-5-21(35)15-25(23)36/h2-8,15-16,20,29H,9-14,17-19H2,(H,43,44). The lowest BCUT2D eigenvalue weighted by molar-refractivity contribution is 0.0691. The number of aromatic nitrogens is 3. The van der Waals surface area contributed by atoms with Crippen molar-refractivity contribution in [2.45, 2.75) is 50.8 Å². The number of aromatic carboxylic acids is 1. The minimum Gasteiger partial charge on any atom is -0.480 e. The summed E-state index contributed by atoms with van der Waals surface area (Å²) < 4.78 is 38.3. The molecule has 1 aliphatic carbocycles. The van der Waals surface area contributed by atoms with Gasteiger partial charge in [0.25, 0.3) is 0 Å². The fourth-order valence-electron chi connectivity index (χ4n) is 6.57. The molecule has 1 saturated carbocycles. The SMILES string of the molecule is [C-]#[N+]CC1(Cn2c(CN3CCC(c4cccc5c4OC(c4ccc(Cl)cc4F)C=C5F)CC3)nc3ccc(C(=O)O)nc32)CC1. The van der Waals surface area contributed by atoms with E-state index in [0.717, 1.165) is 50.2 Å². The monoisotopic (exact) mass is 629 g/mol. The molecule has 3 aliphatic rings. The number of hydrogen-bond acceptors (Lipinski definition) is 5. The highest BCUT2D eigenvalue weighted by atomic mass is 35.5. The number of benzene rings is 2. The Bertz CT molecular complexity index is 1890. The highest BCUT2D eigenvalue weighted by Gasteiger charge is 2.47. The number of carbonyl (C=O) groups is 1. The van der Waals surface area contributed by atoms with Gasteiger partial charge in [-0.15, -0.1) is 0 Å². The van der Waals surface area contributed by atoms with Crippen LogP contribution in [0.2, 0.25) is 5.02 Å². The maximum absolute atomic E-state index is 15.3. The molecule has 1 N–H and O–H groups in total. The summed E-state index contributed by atoms with van der Waals surface area (Å²) in [5.41, 5.74) is 2.51. The fraction of sp³-hybridized carbons (Fsp3) is 0.353. The first-order valence-electron chi connectivity index (χ1n) is 15.0. The summed E-state index contributed by atoms with van der Waals surface area (Å²) in [4.78, 5) is 26.9. The van der Waals surface area contributed by atoms with Crippen LogP contribution in [0.4, 0.5) is 8.78 Å². The summed E-state index contributed by atoms with van der Waals surface area (Å²) in [5, 5.41) is 9.80. The lowest BCUT2D eigenvalue weighted by Crippen LogP contribution is -2.34. The van der Waals surface area contributed by atoms with Gasteiger partial charge in [-0.05, 0) is 86.7 Å². The topological polar surface area (TPSA) is 84.8 Å². The summed E-state index contributed by atoms with van der Waals surface area (Å²) >= 11 is 5.93. The van der Waals surface area contributed by atoms with Gasteiger partial charge >= 0.3 is 5.97 Å². The van der Waals surface area contributed by atoms with Gasteiger partial charge in [-0.1, -0.05) is 29.8 Å². The molecule has 1 unspecified atom stereocenters. The van der Waals surface area contributed by atoms with Crippen molar-refractivity contribution < 1.29 is 23.4 Å². The Balaban J connectivity index is 1.11. The molecule has 4 heterocycles. The van der Waals surface area contributed by atoms with E-state index in [9.17, 15) is 14.3 Å². The van der Waals surface area contributed by atoms with Gasteiger partial charge in [0.05, 0.1) is 17.5 Å². The van der Waals surface area contributed by atoms with E-state index in [-0.39, 0.29) is 27.6 Å². The number of hydrogen-bond donors (Lipinski definition) is 1. The lowest BCUT2D eigenvalue weighted by Gasteiger charge is -2.34. The molecule has 2 aromatic carbocycles. The molecule has 45 heavy (non-hydrogen) atoms. The minimum absolute atomic E-state index is 0.0354. The molecule has 230 valence electrons. The minimum atomic E-state index is -1.09. The smallest absolute Gasteiger partial charge is 0.354 e. The zero-order valence-corrected chi connectivity index (χ0v) is 25.1. The number of halogens is 3. The lowest BCUT2D eigenvalue weighted by atomic mass is 9.86. The molecule has 0 amide bonds. The summed E-state index contributed by atoms with van der Waals surface area (Å²) in [6.07, 6.45) is 3.89. The molecule has 0 spiro atoms. The average molecular weight is 630 g/mol. The Morgan fingerprint density at radius 3 is 2.62 bits per heavy atom. The van der Waals surface area contributed by atoms with Crippen molar-refractivity contribution in [3.05, 3.63) is 105 Å². The summed E-state index contributed by atoms with van der Waals surface area (Å²) in [6, 6.07) is 12.9. The third-order valence-electron chi connectivity index (χ3n) is 9.26. The molecule has 2 aliphatic heterocycles. The maximum Gasteiger partial charge on any atom is 0.354 e. The molecule has 11 heteroatoms. The molecular weight excluding hydrogens is 600 g/mol. The average Bonchev–Trinajstić information content (AvgIpc) is 3.70. The van der Waals surface area contributed by atoms with Crippen LogP contribution in [0.1, 0.15) is 70.7 Å². The van der Waals surface area contributed by atoms with Crippen molar-refractivity contribution in [1.82, 2.24) is 19.4 Å². The second-order valence-corrected chi connectivity index (χ2v) is 12.7. The molecule has 0 bridgehead atoms. The van der Waals surface area contributed by atoms with E-state index < -0.39 is 23.7 Å². The molecule has 8 nitrogen and oxygen atoms in total. The molecular formula is C34H30ClF2N5O3. The second kappa shape index (κ2) is 11.5. The Hall–Kier alpha value is -4.33. The predicted molar refractivity (Wildman–Crippen MR) is 165 cm³/mol. The van der Waals surface area contributed by atoms with Gasteiger partial charge in [-0.2, -0.15) is 0 Å². The van der Waals surface area contributed by atoms with Crippen LogP contribution in [0.5, 0.6) is 5.75 Å². The van der Waals surface area contributed by atoms with Gasteiger partial charge in [0.1, 0.15) is 34.8 Å². The Labute approximate surface area is 263 Å². The van der Waals surface area contributed by atoms with Crippen LogP contribution in [-0.2, 0) is 13.1 Å². The molecule has 0 radical (unpaired) electrons. The third kappa shape index (κ3) is 5.67. The number of likely N-dealkylation sites (tertiary alicyclic amines) is 1. The number of pyridine rings is 1. The number of imidazole rings is 1. The van der Waals surface area contributed by atoms with Gasteiger partial charge in [0, 0.05) is 17.1 Å². The van der Waals surface area contributed by atoms with Crippen molar-refractivity contribution in [2.24, 2.45) is 5.41 Å². The van der Waals surface area contributed by atoms with Crippen LogP contribution < -0.4 is 4.74 Å². The van der Waals surface area contributed by atoms with Crippen LogP contribution in [0.25, 0.3) is 21.8 Å². The van der Waals surface area contributed by atoms with Crippen LogP contribution in [-0.4, -0.2) is 50.1 Å². The summed E-state index contributed by atoms with van der Waals surface area (Å²) in [5.74, 6) is -0.720. The summed E-state index contributed by atoms with van der Waals surface area (Å²) in [6.45, 7) is 10.5. The number of ether oxygens (including phenoxy) is 1. The first kappa shape index (κ1) is 29.4. The number of piperidine rings is 1. The van der Waals surface area contributed by atoms with Crippen molar-refractivity contribution in [1.29, 1.82) is 0 Å². The number of carboxylic acids is 1. The zero-order valence-electron chi connectivity index (χ0n) is 24.3. The van der Waals surface area contributed by atoms with E-state index in [4.69, 9.17) is 27.9 Å². The summed E-state index contributed by atoms with van der Waals surface area (Å²) in [7, 11) is 0. The largest absolute Gasteiger partial charge is 0.480 e. The first-order valence-corrected chi connectivity index (χ1v) is 15.4. The Morgan fingerprint density at radius 1 is 1.11 bits per heavy atom. The second-order valence-electron chi connectivity index (χ2n) is 12.3. The number of fused-ring (bicyclic) bond motifs is 2. The van der Waals surface area contributed by atoms with Crippen LogP contribution in [0.3, 0.4) is 0 Å². The maximum atomic E-state index is 15.3. The van der Waals surface area contributed by atoms with Crippen LogP contribution in [0, 0.1) is 17.8 Å². The van der Waals surface area contributed by atoms with Gasteiger partial charge in [0.2, 0.25) is 6.54 Å². The fourth-order valence-corrected chi connectivity index (χ4v) is 6.73. The number of carboxylic acid groups (broad SMARTS) is 1. The van der Waals surface area contributed by atoms with Crippen molar-refractivity contribution in [3.8, 4) is 5.75 Å². The van der Waals surface area contributed by atoms with Crippen LogP contribution >= 0.6 is 11.6 Å². The highest BCUT2D eigenvalue weighted by molar-refractivity contribution is 6.30. The van der Waals surface area contributed by atoms with E-state index in [1.54, 1.807) is 18.2 Å². The molecule has 2 aromatic heterocycles. The van der Waals surface area contributed by atoms with E-state index in [0.29, 0.717) is 42.1 Å². The van der Waals surface area contributed by atoms with Crippen molar-refractivity contribution >= 4 is 34.6 Å².